The van der Waals surface area contributed by atoms with Crippen molar-refractivity contribution in [3.05, 3.63) is 77.6 Å². The molecule has 5 heteroatoms. The summed E-state index contributed by atoms with van der Waals surface area (Å²) in [6, 6.07) is 18.4. The highest BCUT2D eigenvalue weighted by Crippen LogP contribution is 2.31. The number of nitrogens with one attached hydrogen (secondary N) is 1. The third-order valence-corrected chi connectivity index (χ3v) is 3.76. The molecule has 0 saturated heterocycles. The number of halogens is 1. The van der Waals surface area contributed by atoms with Gasteiger partial charge in [0.15, 0.2) is 0 Å². The first-order chi connectivity index (χ1) is 11.7. The van der Waals surface area contributed by atoms with Crippen LogP contribution in [0.3, 0.4) is 0 Å². The molecule has 1 amide bonds. The summed E-state index contributed by atoms with van der Waals surface area (Å²) in [5.74, 6) is 0.491. The third kappa shape index (κ3) is 3.55. The standard InChI is InChI=1S/C19H15ClN2O2/c1-24-17-9-7-14(11-16(17)13-5-3-2-4-6-13)19(23)22-15-8-10-18(20)21-12-15/h2-12H,1H3,(H,22,23). The SMILES string of the molecule is COc1ccc(C(=O)Nc2ccc(Cl)nc2)cc1-c1ccccc1. The van der Waals surface area contributed by atoms with Crippen LogP contribution in [0.4, 0.5) is 5.69 Å². The quantitative estimate of drug-likeness (QED) is 0.704. The third-order valence-electron chi connectivity index (χ3n) is 3.53. The molecule has 3 rings (SSSR count). The summed E-state index contributed by atoms with van der Waals surface area (Å²) in [5.41, 5.74) is 2.96. The molecule has 0 aliphatic carbocycles. The molecule has 0 saturated carbocycles. The van der Waals surface area contributed by atoms with E-state index in [4.69, 9.17) is 16.3 Å². The average molecular weight is 339 g/mol. The number of amides is 1. The van der Waals surface area contributed by atoms with Crippen molar-refractivity contribution in [2.24, 2.45) is 0 Å². The van der Waals surface area contributed by atoms with Crippen LogP contribution in [-0.4, -0.2) is 18.0 Å². The van der Waals surface area contributed by atoms with Gasteiger partial charge in [-0.1, -0.05) is 41.9 Å². The molecule has 0 aliphatic heterocycles. The van der Waals surface area contributed by atoms with E-state index in [0.717, 1.165) is 11.1 Å². The van der Waals surface area contributed by atoms with Crippen LogP contribution in [0.2, 0.25) is 5.15 Å². The first-order valence-electron chi connectivity index (χ1n) is 7.34. The number of benzene rings is 2. The van der Waals surface area contributed by atoms with Crippen LogP contribution >= 0.6 is 11.6 Å². The molecular weight excluding hydrogens is 324 g/mol. The molecule has 0 atom stereocenters. The summed E-state index contributed by atoms with van der Waals surface area (Å²) in [6.07, 6.45) is 1.52. The molecule has 0 fully saturated rings. The maximum absolute atomic E-state index is 12.5. The number of ether oxygens (including phenoxy) is 1. The predicted molar refractivity (Wildman–Crippen MR) is 95.6 cm³/mol. The number of carbonyl (C=O) groups excluding carboxylic acids is 1. The van der Waals surface area contributed by atoms with E-state index in [1.54, 1.807) is 31.4 Å². The lowest BCUT2D eigenvalue weighted by Gasteiger charge is -2.11. The predicted octanol–water partition coefficient (Wildman–Crippen LogP) is 4.66. The summed E-state index contributed by atoms with van der Waals surface area (Å²) in [5, 5.41) is 3.18. The zero-order chi connectivity index (χ0) is 16.9. The Morgan fingerprint density at radius 2 is 1.88 bits per heavy atom. The van der Waals surface area contributed by atoms with Crippen molar-refractivity contribution in [1.29, 1.82) is 0 Å². The lowest BCUT2D eigenvalue weighted by Crippen LogP contribution is -2.12. The number of methoxy groups -OCH3 is 1. The molecule has 120 valence electrons. The molecule has 4 nitrogen and oxygen atoms in total. The van der Waals surface area contributed by atoms with Crippen molar-refractivity contribution in [3.8, 4) is 16.9 Å². The van der Waals surface area contributed by atoms with Gasteiger partial charge in [-0.15, -0.1) is 0 Å². The fourth-order valence-electron chi connectivity index (χ4n) is 2.35. The Kier molecular flexibility index (Phi) is 4.77. The summed E-state index contributed by atoms with van der Waals surface area (Å²) in [7, 11) is 1.61. The number of rotatable bonds is 4. The fraction of sp³-hybridized carbons (Fsp3) is 0.0526. The van der Waals surface area contributed by atoms with Gasteiger partial charge < -0.3 is 10.1 Å². The minimum Gasteiger partial charge on any atom is -0.496 e. The fourth-order valence-corrected chi connectivity index (χ4v) is 2.46. The second-order valence-electron chi connectivity index (χ2n) is 5.10. The van der Waals surface area contributed by atoms with Gasteiger partial charge in [0.25, 0.3) is 5.91 Å². The highest BCUT2D eigenvalue weighted by atomic mass is 35.5. The molecule has 0 radical (unpaired) electrons. The lowest BCUT2D eigenvalue weighted by molar-refractivity contribution is 0.102. The topological polar surface area (TPSA) is 51.2 Å². The highest BCUT2D eigenvalue weighted by Gasteiger charge is 2.12. The van der Waals surface area contributed by atoms with Gasteiger partial charge in [-0.25, -0.2) is 4.98 Å². The molecule has 24 heavy (non-hydrogen) atoms. The van der Waals surface area contributed by atoms with Crippen molar-refractivity contribution in [1.82, 2.24) is 4.98 Å². The van der Waals surface area contributed by atoms with Crippen LogP contribution in [-0.2, 0) is 0 Å². The van der Waals surface area contributed by atoms with Crippen LogP contribution < -0.4 is 10.1 Å². The molecule has 0 unspecified atom stereocenters. The number of hydrogen-bond donors (Lipinski definition) is 1. The van der Waals surface area contributed by atoms with Crippen LogP contribution in [0.25, 0.3) is 11.1 Å². The summed E-state index contributed by atoms with van der Waals surface area (Å²) >= 11 is 5.75. The maximum atomic E-state index is 12.5. The molecule has 2 aromatic carbocycles. The number of carbonyl (C=O) groups is 1. The van der Waals surface area contributed by atoms with Gasteiger partial charge in [0.1, 0.15) is 10.9 Å². The van der Waals surface area contributed by atoms with Crippen molar-refractivity contribution < 1.29 is 9.53 Å². The first kappa shape index (κ1) is 16.0. The molecule has 1 heterocycles. The molecule has 1 N–H and O–H groups in total. The van der Waals surface area contributed by atoms with E-state index in [-0.39, 0.29) is 5.91 Å². The number of nitrogens with zero attached hydrogens (tertiary/aromatic N) is 1. The summed E-state index contributed by atoms with van der Waals surface area (Å²) < 4.78 is 5.41. The summed E-state index contributed by atoms with van der Waals surface area (Å²) in [4.78, 5) is 16.4. The number of aromatic nitrogens is 1. The number of hydrogen-bond acceptors (Lipinski definition) is 3. The van der Waals surface area contributed by atoms with Crippen molar-refractivity contribution in [3.63, 3.8) is 0 Å². The largest absolute Gasteiger partial charge is 0.496 e. The zero-order valence-electron chi connectivity index (χ0n) is 13.0. The van der Waals surface area contributed by atoms with Gasteiger partial charge in [-0.3, -0.25) is 4.79 Å². The smallest absolute Gasteiger partial charge is 0.255 e. The van der Waals surface area contributed by atoms with Crippen LogP contribution in [0.1, 0.15) is 10.4 Å². The van der Waals surface area contributed by atoms with Gasteiger partial charge in [0.05, 0.1) is 19.0 Å². The Bertz CT molecular complexity index is 849. The Hall–Kier alpha value is -2.85. The van der Waals surface area contributed by atoms with Crippen LogP contribution in [0.5, 0.6) is 5.75 Å². The van der Waals surface area contributed by atoms with E-state index in [1.165, 1.54) is 6.20 Å². The van der Waals surface area contributed by atoms with Gasteiger partial charge >= 0.3 is 0 Å². The van der Waals surface area contributed by atoms with E-state index < -0.39 is 0 Å². The minimum atomic E-state index is -0.223. The molecule has 0 spiro atoms. The lowest BCUT2D eigenvalue weighted by atomic mass is 10.0. The monoisotopic (exact) mass is 338 g/mol. The van der Waals surface area contributed by atoms with E-state index >= 15 is 0 Å². The number of pyridine rings is 1. The van der Waals surface area contributed by atoms with E-state index in [2.05, 4.69) is 10.3 Å². The molecule has 3 aromatic rings. The van der Waals surface area contributed by atoms with Crippen molar-refractivity contribution >= 4 is 23.2 Å². The van der Waals surface area contributed by atoms with Gasteiger partial charge in [-0.2, -0.15) is 0 Å². The van der Waals surface area contributed by atoms with E-state index in [0.29, 0.717) is 22.2 Å². The molecule has 0 bridgehead atoms. The van der Waals surface area contributed by atoms with Crippen molar-refractivity contribution in [2.75, 3.05) is 12.4 Å². The molecule has 1 aromatic heterocycles. The zero-order valence-corrected chi connectivity index (χ0v) is 13.7. The average Bonchev–Trinajstić information content (AvgIpc) is 2.63. The van der Waals surface area contributed by atoms with Crippen LogP contribution in [0.15, 0.2) is 66.9 Å². The number of anilines is 1. The van der Waals surface area contributed by atoms with E-state index in [9.17, 15) is 4.79 Å². The Balaban J connectivity index is 1.91. The maximum Gasteiger partial charge on any atom is 0.255 e. The Labute approximate surface area is 145 Å². The van der Waals surface area contributed by atoms with Gasteiger partial charge in [0, 0.05) is 11.1 Å². The first-order valence-corrected chi connectivity index (χ1v) is 7.71. The minimum absolute atomic E-state index is 0.223. The second kappa shape index (κ2) is 7.15. The van der Waals surface area contributed by atoms with Gasteiger partial charge in [-0.05, 0) is 35.9 Å². The Morgan fingerprint density at radius 3 is 2.54 bits per heavy atom. The normalized spacial score (nSPS) is 10.2. The molecular formula is C19H15ClN2O2. The molecule has 0 aliphatic rings. The van der Waals surface area contributed by atoms with Crippen molar-refractivity contribution in [2.45, 2.75) is 0 Å². The second-order valence-corrected chi connectivity index (χ2v) is 5.49. The summed E-state index contributed by atoms with van der Waals surface area (Å²) in [6.45, 7) is 0. The van der Waals surface area contributed by atoms with Gasteiger partial charge in [0.2, 0.25) is 0 Å². The van der Waals surface area contributed by atoms with Crippen LogP contribution in [0, 0.1) is 0 Å². The van der Waals surface area contributed by atoms with E-state index in [1.807, 2.05) is 36.4 Å². The highest BCUT2D eigenvalue weighted by molar-refractivity contribution is 6.29. The Morgan fingerprint density at radius 1 is 1.08 bits per heavy atom.